The number of hydrogen-bond acceptors (Lipinski definition) is 2. The van der Waals surface area contributed by atoms with Crippen LogP contribution in [0.15, 0.2) is 34.5 Å². The molecule has 1 aromatic carbocycles. The number of azo groups is 1. The van der Waals surface area contributed by atoms with Crippen molar-refractivity contribution in [3.63, 3.8) is 0 Å². The normalized spacial score (nSPS) is 14.7. The van der Waals surface area contributed by atoms with Gasteiger partial charge in [-0.15, -0.1) is 10.2 Å². The monoisotopic (exact) mass is 194 g/mol. The van der Waals surface area contributed by atoms with Crippen molar-refractivity contribution in [3.8, 4) is 0 Å². The number of hydrogen-bond donors (Lipinski definition) is 0. The molecule has 3 nitrogen and oxygen atoms in total. The van der Waals surface area contributed by atoms with Gasteiger partial charge in [0.25, 0.3) is 5.91 Å². The molecule has 0 fully saturated rings. The molecule has 0 unspecified atom stereocenters. The number of carbonyl (C=O) groups excluding carboxylic acids is 1. The maximum atomic E-state index is 12.8. The van der Waals surface area contributed by atoms with Crippen LogP contribution in [0, 0.1) is 11.6 Å². The highest BCUT2D eigenvalue weighted by atomic mass is 19.1. The van der Waals surface area contributed by atoms with E-state index in [1.165, 1.54) is 0 Å². The molecule has 1 aliphatic rings. The Balaban J connectivity index is 2.47. The van der Waals surface area contributed by atoms with Crippen LogP contribution in [0.3, 0.4) is 0 Å². The van der Waals surface area contributed by atoms with Gasteiger partial charge in [-0.25, -0.2) is 8.78 Å². The summed E-state index contributed by atoms with van der Waals surface area (Å²) in [6.45, 7) is 0. The van der Waals surface area contributed by atoms with Gasteiger partial charge in [-0.05, 0) is 12.1 Å². The number of nitrogens with zero attached hydrogens (tertiary/aromatic N) is 2. The van der Waals surface area contributed by atoms with E-state index in [-0.39, 0.29) is 11.3 Å². The zero-order chi connectivity index (χ0) is 10.1. The highest BCUT2D eigenvalue weighted by Crippen LogP contribution is 2.22. The molecule has 1 heterocycles. The molecule has 1 aliphatic heterocycles. The van der Waals surface area contributed by atoms with Gasteiger partial charge in [0.05, 0.1) is 5.70 Å². The number of halogens is 2. The number of rotatable bonds is 1. The lowest BCUT2D eigenvalue weighted by Crippen LogP contribution is -1.86. The lowest BCUT2D eigenvalue weighted by Gasteiger charge is -1.97. The third-order valence-corrected chi connectivity index (χ3v) is 1.67. The molecular formula is C9H4F2N2O. The van der Waals surface area contributed by atoms with E-state index in [4.69, 9.17) is 0 Å². The third-order valence-electron chi connectivity index (χ3n) is 1.67. The molecule has 1 amide bonds. The van der Waals surface area contributed by atoms with E-state index in [1.54, 1.807) is 0 Å². The summed E-state index contributed by atoms with van der Waals surface area (Å²) in [5.41, 5.74) is 0.380. The van der Waals surface area contributed by atoms with Crippen molar-refractivity contribution < 1.29 is 13.6 Å². The van der Waals surface area contributed by atoms with Crippen LogP contribution in [0.5, 0.6) is 0 Å². The smallest absolute Gasteiger partial charge is 0.266 e. The van der Waals surface area contributed by atoms with Gasteiger partial charge >= 0.3 is 0 Å². The van der Waals surface area contributed by atoms with E-state index < -0.39 is 17.5 Å². The summed E-state index contributed by atoms with van der Waals surface area (Å²) in [5, 5.41) is 6.67. The Morgan fingerprint density at radius 3 is 2.14 bits per heavy atom. The predicted octanol–water partition coefficient (Wildman–Crippen LogP) is 2.30. The van der Waals surface area contributed by atoms with Gasteiger partial charge < -0.3 is 0 Å². The maximum Gasteiger partial charge on any atom is 0.290 e. The maximum absolute atomic E-state index is 12.8. The molecule has 70 valence electrons. The lowest BCUT2D eigenvalue weighted by atomic mass is 10.1. The molecule has 0 aliphatic carbocycles. The largest absolute Gasteiger partial charge is 0.290 e. The minimum atomic E-state index is -0.713. The van der Waals surface area contributed by atoms with Gasteiger partial charge in [-0.1, -0.05) is 0 Å². The second-order valence-corrected chi connectivity index (χ2v) is 2.73. The third kappa shape index (κ3) is 1.56. The molecule has 0 saturated carbocycles. The van der Waals surface area contributed by atoms with Crippen LogP contribution in [0.2, 0.25) is 0 Å². The summed E-state index contributed by atoms with van der Waals surface area (Å²) >= 11 is 0. The number of carbonyl (C=O) groups is 1. The number of amides is 1. The van der Waals surface area contributed by atoms with Crippen molar-refractivity contribution in [2.45, 2.75) is 0 Å². The van der Waals surface area contributed by atoms with Crippen molar-refractivity contribution in [2.24, 2.45) is 10.2 Å². The fourth-order valence-corrected chi connectivity index (χ4v) is 1.12. The van der Waals surface area contributed by atoms with E-state index in [0.717, 1.165) is 24.3 Å². The van der Waals surface area contributed by atoms with E-state index in [2.05, 4.69) is 10.2 Å². The van der Waals surface area contributed by atoms with Gasteiger partial charge in [-0.3, -0.25) is 4.79 Å². The van der Waals surface area contributed by atoms with Crippen molar-refractivity contribution in [3.05, 3.63) is 41.5 Å². The quantitative estimate of drug-likeness (QED) is 0.676. The van der Waals surface area contributed by atoms with Crippen molar-refractivity contribution in [1.82, 2.24) is 0 Å². The second-order valence-electron chi connectivity index (χ2n) is 2.73. The number of benzene rings is 1. The molecule has 2 rings (SSSR count). The fourth-order valence-electron chi connectivity index (χ4n) is 1.12. The van der Waals surface area contributed by atoms with Crippen molar-refractivity contribution >= 4 is 11.6 Å². The highest BCUT2D eigenvalue weighted by molar-refractivity contribution is 5.98. The average Bonchev–Trinajstić information content (AvgIpc) is 2.50. The molecule has 0 radical (unpaired) electrons. The SMILES string of the molecule is O=C1C=C(c2cc(F)cc(F)c2)N=N1. The van der Waals surface area contributed by atoms with E-state index in [9.17, 15) is 13.6 Å². The Labute approximate surface area is 77.8 Å². The topological polar surface area (TPSA) is 41.8 Å². The average molecular weight is 194 g/mol. The summed E-state index contributed by atoms with van der Waals surface area (Å²) in [6.07, 6.45) is 1.12. The Bertz CT molecular complexity index is 446. The zero-order valence-corrected chi connectivity index (χ0v) is 6.87. The first-order valence-electron chi connectivity index (χ1n) is 3.79. The van der Waals surface area contributed by atoms with Crippen LogP contribution in [0.25, 0.3) is 5.70 Å². The van der Waals surface area contributed by atoms with Gasteiger partial charge in [0.2, 0.25) is 0 Å². The molecule has 0 bridgehead atoms. The summed E-state index contributed by atoms with van der Waals surface area (Å²) < 4.78 is 25.5. The predicted molar refractivity (Wildman–Crippen MR) is 44.2 cm³/mol. The van der Waals surface area contributed by atoms with Gasteiger partial charge in [-0.2, -0.15) is 0 Å². The molecule has 0 aromatic heterocycles. The lowest BCUT2D eigenvalue weighted by molar-refractivity contribution is -0.113. The zero-order valence-electron chi connectivity index (χ0n) is 6.87. The van der Waals surface area contributed by atoms with E-state index in [1.807, 2.05) is 0 Å². The Hall–Kier alpha value is -1.91. The minimum absolute atomic E-state index is 0.174. The molecule has 1 aromatic rings. The Morgan fingerprint density at radius 1 is 1.00 bits per heavy atom. The molecule has 5 heteroatoms. The van der Waals surface area contributed by atoms with E-state index in [0.29, 0.717) is 0 Å². The first kappa shape index (κ1) is 8.68. The van der Waals surface area contributed by atoms with Crippen LogP contribution >= 0.6 is 0 Å². The van der Waals surface area contributed by atoms with E-state index >= 15 is 0 Å². The molecular weight excluding hydrogens is 190 g/mol. The summed E-state index contributed by atoms with van der Waals surface area (Å²) in [4.78, 5) is 10.7. The van der Waals surface area contributed by atoms with Crippen molar-refractivity contribution in [2.75, 3.05) is 0 Å². The molecule has 0 N–H and O–H groups in total. The molecule has 0 saturated heterocycles. The van der Waals surface area contributed by atoms with Crippen LogP contribution in [0.1, 0.15) is 5.56 Å². The summed E-state index contributed by atoms with van der Waals surface area (Å²) in [5.74, 6) is -1.95. The molecule has 0 spiro atoms. The first-order chi connectivity index (χ1) is 6.65. The minimum Gasteiger partial charge on any atom is -0.266 e. The highest BCUT2D eigenvalue weighted by Gasteiger charge is 2.12. The van der Waals surface area contributed by atoms with Gasteiger partial charge in [0, 0.05) is 17.7 Å². The van der Waals surface area contributed by atoms with Crippen molar-refractivity contribution in [1.29, 1.82) is 0 Å². The van der Waals surface area contributed by atoms with Gasteiger partial charge in [0.15, 0.2) is 0 Å². The van der Waals surface area contributed by atoms with Crippen LogP contribution in [-0.2, 0) is 4.79 Å². The summed E-state index contributed by atoms with van der Waals surface area (Å²) in [7, 11) is 0. The Morgan fingerprint density at radius 2 is 1.64 bits per heavy atom. The van der Waals surface area contributed by atoms with Crippen LogP contribution in [-0.4, -0.2) is 5.91 Å². The molecule has 0 atom stereocenters. The second kappa shape index (κ2) is 3.10. The summed E-state index contributed by atoms with van der Waals surface area (Å²) in [6, 6.07) is 2.93. The molecule has 14 heavy (non-hydrogen) atoms. The van der Waals surface area contributed by atoms with Crippen LogP contribution < -0.4 is 0 Å². The first-order valence-corrected chi connectivity index (χ1v) is 3.79. The van der Waals surface area contributed by atoms with Gasteiger partial charge in [0.1, 0.15) is 11.6 Å². The Kier molecular flexibility index (Phi) is 1.92. The standard InChI is InChI=1S/C9H4F2N2O/c10-6-1-5(2-7(11)3-6)8-4-9(14)13-12-8/h1-4H. The fraction of sp³-hybridized carbons (Fsp3) is 0. The van der Waals surface area contributed by atoms with Crippen LogP contribution in [0.4, 0.5) is 8.78 Å².